The molecular formula is C16H17ClN2O2. The molecule has 0 aliphatic carbocycles. The number of amides is 1. The summed E-state index contributed by atoms with van der Waals surface area (Å²) in [4.78, 5) is 16.0. The van der Waals surface area contributed by atoms with E-state index in [1.165, 1.54) is 0 Å². The Morgan fingerprint density at radius 1 is 1.19 bits per heavy atom. The lowest BCUT2D eigenvalue weighted by molar-refractivity contribution is 0.0645. The van der Waals surface area contributed by atoms with E-state index < -0.39 is 0 Å². The molecule has 2 rings (SSSR count). The molecule has 0 saturated carbocycles. The zero-order chi connectivity index (χ0) is 15.2. The summed E-state index contributed by atoms with van der Waals surface area (Å²) in [6.45, 7) is 1.90. The van der Waals surface area contributed by atoms with Crippen molar-refractivity contribution in [2.45, 2.75) is 19.1 Å². The van der Waals surface area contributed by atoms with Gasteiger partial charge in [0, 0.05) is 30.1 Å². The van der Waals surface area contributed by atoms with Gasteiger partial charge in [-0.3, -0.25) is 9.78 Å². The number of methoxy groups -OCH3 is 1. The normalized spacial score (nSPS) is 13.5. The van der Waals surface area contributed by atoms with Crippen LogP contribution in [0, 0.1) is 0 Å². The summed E-state index contributed by atoms with van der Waals surface area (Å²) in [5.41, 5.74) is 1.53. The lowest BCUT2D eigenvalue weighted by atomic mass is 10.0. The molecule has 0 bridgehead atoms. The van der Waals surface area contributed by atoms with Crippen molar-refractivity contribution in [1.82, 2.24) is 10.3 Å². The van der Waals surface area contributed by atoms with Gasteiger partial charge in [0.05, 0.1) is 6.04 Å². The van der Waals surface area contributed by atoms with E-state index in [-0.39, 0.29) is 18.1 Å². The Morgan fingerprint density at radius 3 is 2.38 bits per heavy atom. The summed E-state index contributed by atoms with van der Waals surface area (Å²) in [5.74, 6) is -0.152. The first-order valence-corrected chi connectivity index (χ1v) is 6.98. The van der Waals surface area contributed by atoms with Gasteiger partial charge in [0.1, 0.15) is 6.10 Å². The van der Waals surface area contributed by atoms with Crippen LogP contribution in [0.1, 0.15) is 28.9 Å². The van der Waals surface area contributed by atoms with Gasteiger partial charge in [0.15, 0.2) is 0 Å². The number of benzene rings is 1. The molecule has 110 valence electrons. The molecule has 1 aromatic heterocycles. The number of rotatable bonds is 5. The van der Waals surface area contributed by atoms with E-state index in [0.29, 0.717) is 10.6 Å². The van der Waals surface area contributed by atoms with Crippen molar-refractivity contribution in [1.29, 1.82) is 0 Å². The van der Waals surface area contributed by atoms with Gasteiger partial charge in [-0.15, -0.1) is 0 Å². The Bertz CT molecular complexity index is 587. The second-order valence-corrected chi connectivity index (χ2v) is 5.14. The topological polar surface area (TPSA) is 51.2 Å². The molecule has 4 nitrogen and oxygen atoms in total. The SMILES string of the molecule is CO[C@@H](c1ccc(Cl)cc1)[C@H](C)NC(=O)c1ccncc1. The van der Waals surface area contributed by atoms with Crippen LogP contribution < -0.4 is 5.32 Å². The smallest absolute Gasteiger partial charge is 0.251 e. The van der Waals surface area contributed by atoms with Crippen LogP contribution in [0.25, 0.3) is 0 Å². The molecule has 1 heterocycles. The molecular weight excluding hydrogens is 288 g/mol. The van der Waals surface area contributed by atoms with E-state index in [1.54, 1.807) is 43.8 Å². The molecule has 0 spiro atoms. The van der Waals surface area contributed by atoms with Crippen molar-refractivity contribution in [2.75, 3.05) is 7.11 Å². The summed E-state index contributed by atoms with van der Waals surface area (Å²) in [6, 6.07) is 10.6. The first-order valence-electron chi connectivity index (χ1n) is 6.61. The van der Waals surface area contributed by atoms with Crippen LogP contribution in [0.15, 0.2) is 48.8 Å². The average Bonchev–Trinajstić information content (AvgIpc) is 2.50. The molecule has 1 amide bonds. The predicted molar refractivity (Wildman–Crippen MR) is 82.4 cm³/mol. The molecule has 5 heteroatoms. The maximum atomic E-state index is 12.1. The van der Waals surface area contributed by atoms with Gasteiger partial charge in [0.25, 0.3) is 5.91 Å². The average molecular weight is 305 g/mol. The summed E-state index contributed by atoms with van der Waals surface area (Å²) in [6.07, 6.45) is 2.94. The fourth-order valence-electron chi connectivity index (χ4n) is 2.15. The van der Waals surface area contributed by atoms with Crippen LogP contribution in [0.2, 0.25) is 5.02 Å². The largest absolute Gasteiger partial charge is 0.375 e. The van der Waals surface area contributed by atoms with E-state index in [2.05, 4.69) is 10.3 Å². The Morgan fingerprint density at radius 2 is 1.81 bits per heavy atom. The second kappa shape index (κ2) is 7.20. The van der Waals surface area contributed by atoms with Crippen molar-refractivity contribution in [3.05, 3.63) is 64.9 Å². The summed E-state index contributed by atoms with van der Waals surface area (Å²) in [5, 5.41) is 3.60. The van der Waals surface area contributed by atoms with Crippen LogP contribution >= 0.6 is 11.6 Å². The van der Waals surface area contributed by atoms with Gasteiger partial charge < -0.3 is 10.1 Å². The van der Waals surface area contributed by atoms with Crippen LogP contribution in [0.3, 0.4) is 0 Å². The molecule has 0 aliphatic rings. The lowest BCUT2D eigenvalue weighted by Gasteiger charge is -2.24. The number of hydrogen-bond acceptors (Lipinski definition) is 3. The van der Waals surface area contributed by atoms with Gasteiger partial charge in [-0.05, 0) is 36.8 Å². The molecule has 0 saturated heterocycles. The predicted octanol–water partition coefficient (Wildman–Crippen LogP) is 3.24. The fourth-order valence-corrected chi connectivity index (χ4v) is 2.28. The zero-order valence-corrected chi connectivity index (χ0v) is 12.7. The Hall–Kier alpha value is -1.91. The number of halogens is 1. The highest BCUT2D eigenvalue weighted by molar-refractivity contribution is 6.30. The lowest BCUT2D eigenvalue weighted by Crippen LogP contribution is -2.37. The summed E-state index contributed by atoms with van der Waals surface area (Å²) < 4.78 is 5.50. The Balaban J connectivity index is 2.08. The van der Waals surface area contributed by atoms with Crippen molar-refractivity contribution in [3.63, 3.8) is 0 Å². The van der Waals surface area contributed by atoms with E-state index in [9.17, 15) is 4.79 Å². The number of hydrogen-bond donors (Lipinski definition) is 1. The molecule has 0 aliphatic heterocycles. The van der Waals surface area contributed by atoms with Gasteiger partial charge in [-0.25, -0.2) is 0 Å². The number of ether oxygens (including phenoxy) is 1. The monoisotopic (exact) mass is 304 g/mol. The molecule has 0 fully saturated rings. The number of nitrogens with zero attached hydrogens (tertiary/aromatic N) is 1. The third-order valence-corrected chi connectivity index (χ3v) is 3.46. The Kier molecular flexibility index (Phi) is 5.31. The number of aromatic nitrogens is 1. The van der Waals surface area contributed by atoms with E-state index in [4.69, 9.17) is 16.3 Å². The zero-order valence-electron chi connectivity index (χ0n) is 11.9. The van der Waals surface area contributed by atoms with Crippen molar-refractivity contribution < 1.29 is 9.53 Å². The molecule has 1 N–H and O–H groups in total. The quantitative estimate of drug-likeness (QED) is 0.922. The van der Waals surface area contributed by atoms with Gasteiger partial charge >= 0.3 is 0 Å². The van der Waals surface area contributed by atoms with Gasteiger partial charge in [-0.1, -0.05) is 23.7 Å². The van der Waals surface area contributed by atoms with Crippen LogP contribution in [0.5, 0.6) is 0 Å². The highest BCUT2D eigenvalue weighted by Crippen LogP contribution is 2.22. The third-order valence-electron chi connectivity index (χ3n) is 3.21. The van der Waals surface area contributed by atoms with Crippen LogP contribution in [-0.4, -0.2) is 24.0 Å². The fraction of sp³-hybridized carbons (Fsp3) is 0.250. The standard InChI is InChI=1S/C16H17ClN2O2/c1-11(19-16(20)13-7-9-18-10-8-13)15(21-2)12-3-5-14(17)6-4-12/h3-11,15H,1-2H3,(H,19,20)/t11-,15+/m0/s1. The minimum Gasteiger partial charge on any atom is -0.375 e. The minimum atomic E-state index is -0.243. The van der Waals surface area contributed by atoms with E-state index >= 15 is 0 Å². The number of pyridine rings is 1. The number of carbonyl (C=O) groups excluding carboxylic acids is 1. The van der Waals surface area contributed by atoms with Crippen LogP contribution in [-0.2, 0) is 4.74 Å². The van der Waals surface area contributed by atoms with E-state index in [1.807, 2.05) is 19.1 Å². The number of nitrogens with one attached hydrogen (secondary N) is 1. The minimum absolute atomic E-state index is 0.152. The Labute approximate surface area is 129 Å². The molecule has 2 aromatic rings. The summed E-state index contributed by atoms with van der Waals surface area (Å²) in [7, 11) is 1.62. The first kappa shape index (κ1) is 15.5. The molecule has 0 unspecified atom stereocenters. The van der Waals surface area contributed by atoms with Crippen molar-refractivity contribution in [3.8, 4) is 0 Å². The maximum Gasteiger partial charge on any atom is 0.251 e. The maximum absolute atomic E-state index is 12.1. The highest BCUT2D eigenvalue weighted by Gasteiger charge is 2.21. The molecule has 21 heavy (non-hydrogen) atoms. The molecule has 1 aromatic carbocycles. The first-order chi connectivity index (χ1) is 10.1. The van der Waals surface area contributed by atoms with E-state index in [0.717, 1.165) is 5.56 Å². The second-order valence-electron chi connectivity index (χ2n) is 4.71. The molecule has 2 atom stereocenters. The van der Waals surface area contributed by atoms with Gasteiger partial charge in [-0.2, -0.15) is 0 Å². The van der Waals surface area contributed by atoms with Crippen LogP contribution in [0.4, 0.5) is 0 Å². The van der Waals surface area contributed by atoms with Gasteiger partial charge in [0.2, 0.25) is 0 Å². The van der Waals surface area contributed by atoms with Crippen molar-refractivity contribution >= 4 is 17.5 Å². The summed E-state index contributed by atoms with van der Waals surface area (Å²) >= 11 is 5.89. The van der Waals surface area contributed by atoms with Crippen molar-refractivity contribution in [2.24, 2.45) is 0 Å². The number of carbonyl (C=O) groups is 1. The molecule has 0 radical (unpaired) electrons. The third kappa shape index (κ3) is 4.03. The highest BCUT2D eigenvalue weighted by atomic mass is 35.5.